The number of nitrogens with zero attached hydrogens (tertiary/aromatic N) is 1. The van der Waals surface area contributed by atoms with Crippen LogP contribution < -0.4 is 5.32 Å². The summed E-state index contributed by atoms with van der Waals surface area (Å²) in [7, 11) is 0. The summed E-state index contributed by atoms with van der Waals surface area (Å²) in [6, 6.07) is 0. The highest BCUT2D eigenvalue weighted by Crippen LogP contribution is 2.14. The number of likely N-dealkylation sites (N-methyl/N-ethyl adjacent to an activating group) is 1. The predicted octanol–water partition coefficient (Wildman–Crippen LogP) is -0.162. The number of hydrogen-bond acceptors (Lipinski definition) is 3. The Morgan fingerprint density at radius 3 is 2.62 bits per heavy atom. The smallest absolute Gasteiger partial charge is 0.339 e. The van der Waals surface area contributed by atoms with Gasteiger partial charge in [0.15, 0.2) is 0 Å². The van der Waals surface area contributed by atoms with E-state index in [9.17, 15) is 14.4 Å². The molecule has 1 fully saturated rings. The lowest BCUT2D eigenvalue weighted by atomic mass is 10.3. The molecule has 1 saturated heterocycles. The normalized spacial score (nSPS) is 28.5. The van der Waals surface area contributed by atoms with Crippen LogP contribution in [0.15, 0.2) is 0 Å². The van der Waals surface area contributed by atoms with Crippen LogP contribution in [0.2, 0.25) is 0 Å². The van der Waals surface area contributed by atoms with Gasteiger partial charge in [0.2, 0.25) is 0 Å². The van der Waals surface area contributed by atoms with Crippen molar-refractivity contribution in [3.8, 4) is 0 Å². The first-order chi connectivity index (χ1) is 6.04. The number of halogens is 1. The topological polar surface area (TPSA) is 63.2 Å². The van der Waals surface area contributed by atoms with Crippen LogP contribution in [0.5, 0.6) is 0 Å². The minimum Gasteiger partial charge on any atom is -0.339 e. The number of piperazine rings is 1. The van der Waals surface area contributed by atoms with Gasteiger partial charge in [-0.3, -0.25) is 4.79 Å². The highest BCUT2D eigenvalue weighted by atomic mass is 35.5. The molecule has 5 nitrogen and oxygen atoms in total. The average molecular weight is 206 g/mol. The fourth-order valence-corrected chi connectivity index (χ4v) is 1.61. The summed E-state index contributed by atoms with van der Waals surface area (Å²) in [5.74, 6) is -1.50. The summed E-state index contributed by atoms with van der Waals surface area (Å²) >= 11 is 5.31. The van der Waals surface area contributed by atoms with E-state index in [0.717, 1.165) is 0 Å². The van der Waals surface area contributed by atoms with Crippen molar-refractivity contribution in [1.82, 2.24) is 5.32 Å². The minimum absolute atomic E-state index is 0.217. The third-order valence-corrected chi connectivity index (χ3v) is 2.56. The van der Waals surface area contributed by atoms with Gasteiger partial charge in [-0.25, -0.2) is 9.59 Å². The summed E-state index contributed by atoms with van der Waals surface area (Å²) in [6.45, 7) is 2.41. The number of hydrogen-bond donors (Lipinski definition) is 1. The number of amides is 3. The molecule has 0 aromatic heterocycles. The molecule has 0 radical (unpaired) electrons. The van der Waals surface area contributed by atoms with E-state index in [0.29, 0.717) is 6.54 Å². The molecule has 6 heteroatoms. The van der Waals surface area contributed by atoms with Crippen molar-refractivity contribution in [2.24, 2.45) is 0 Å². The molecule has 3 amide bonds. The van der Waals surface area contributed by atoms with E-state index in [4.69, 9.17) is 11.6 Å². The molecule has 0 spiro atoms. The molecular weight excluding hydrogens is 196 g/mol. The number of imide groups is 1. The summed E-state index contributed by atoms with van der Waals surface area (Å²) in [5, 5.41) is 1.57. The van der Waals surface area contributed by atoms with Crippen LogP contribution in [0.1, 0.15) is 6.92 Å². The maximum Gasteiger partial charge on any atom is 0.419 e. The van der Waals surface area contributed by atoms with E-state index in [1.54, 1.807) is 6.92 Å². The maximum absolute atomic E-state index is 11.4. The van der Waals surface area contributed by atoms with Crippen molar-refractivity contribution in [2.45, 2.75) is 6.92 Å². The highest BCUT2D eigenvalue weighted by molar-refractivity contribution is 6.62. The second kappa shape index (κ2) is 3.43. The molecule has 1 rings (SSSR count). The lowest BCUT2D eigenvalue weighted by Crippen LogP contribution is -2.65. The van der Waals surface area contributed by atoms with Crippen LogP contribution >= 0.6 is 11.6 Å². The number of carbonyl (C=O) groups is 3. The first-order valence-electron chi connectivity index (χ1n) is 3.94. The largest absolute Gasteiger partial charge is 0.419 e. The number of nitrogens with one attached hydrogen (secondary N) is 1. The third-order valence-electron chi connectivity index (χ3n) is 2.24. The van der Waals surface area contributed by atoms with E-state index in [1.165, 1.54) is 0 Å². The van der Waals surface area contributed by atoms with Crippen LogP contribution in [-0.4, -0.2) is 41.3 Å². The molecule has 72 valence electrons. The van der Waals surface area contributed by atoms with Gasteiger partial charge in [-0.15, -0.1) is 0 Å². The van der Waals surface area contributed by atoms with Gasteiger partial charge in [0.25, 0.3) is 0 Å². The fraction of sp³-hybridized carbons (Fsp3) is 0.571. The van der Waals surface area contributed by atoms with Crippen molar-refractivity contribution in [1.29, 1.82) is 0 Å². The van der Waals surface area contributed by atoms with Gasteiger partial charge in [-0.2, -0.15) is 4.48 Å². The molecule has 1 aliphatic rings. The van der Waals surface area contributed by atoms with Crippen LogP contribution in [0, 0.1) is 0 Å². The summed E-state index contributed by atoms with van der Waals surface area (Å²) in [6.07, 6.45) is 0. The Bertz CT molecular complexity index is 279. The monoisotopic (exact) mass is 205 g/mol. The zero-order valence-electron chi connectivity index (χ0n) is 7.17. The quantitative estimate of drug-likeness (QED) is 0.280. The third kappa shape index (κ3) is 1.45. The second-order valence-electron chi connectivity index (χ2n) is 2.82. The molecule has 0 aliphatic carbocycles. The Morgan fingerprint density at radius 1 is 1.62 bits per heavy atom. The zero-order valence-corrected chi connectivity index (χ0v) is 7.93. The van der Waals surface area contributed by atoms with E-state index in [1.807, 2.05) is 0 Å². The van der Waals surface area contributed by atoms with Crippen molar-refractivity contribution in [3.63, 3.8) is 0 Å². The SMILES string of the molecule is CC[N+]1(C(=O)Cl)CCNC(=O)C1=O. The first kappa shape index (κ1) is 10.1. The molecule has 1 atom stereocenters. The Hall–Kier alpha value is -0.940. The van der Waals surface area contributed by atoms with Gasteiger partial charge in [0, 0.05) is 11.6 Å². The van der Waals surface area contributed by atoms with E-state index >= 15 is 0 Å². The molecule has 1 aliphatic heterocycles. The molecule has 0 bridgehead atoms. The Kier molecular flexibility index (Phi) is 2.68. The van der Waals surface area contributed by atoms with E-state index < -0.39 is 21.7 Å². The van der Waals surface area contributed by atoms with Gasteiger partial charge in [0.1, 0.15) is 6.54 Å². The second-order valence-corrected chi connectivity index (χ2v) is 3.15. The van der Waals surface area contributed by atoms with Crippen molar-refractivity contribution >= 4 is 28.8 Å². The molecule has 13 heavy (non-hydrogen) atoms. The van der Waals surface area contributed by atoms with Crippen LogP contribution in [-0.2, 0) is 9.59 Å². The molecule has 1 heterocycles. The predicted molar refractivity (Wildman–Crippen MR) is 44.9 cm³/mol. The Balaban J connectivity index is 3.03. The summed E-state index contributed by atoms with van der Waals surface area (Å²) in [5.41, 5.74) is 0. The van der Waals surface area contributed by atoms with Gasteiger partial charge >= 0.3 is 17.2 Å². The van der Waals surface area contributed by atoms with E-state index in [-0.39, 0.29) is 13.1 Å². The van der Waals surface area contributed by atoms with Crippen LogP contribution in [0.25, 0.3) is 0 Å². The standard InChI is InChI=1S/C7H9ClN2O3/c1-2-10(7(8)13)4-3-9-5(11)6(10)12/h2-4H2,1H3/p+1. The molecule has 1 unspecified atom stereocenters. The van der Waals surface area contributed by atoms with Gasteiger partial charge in [-0.05, 0) is 6.92 Å². The van der Waals surface area contributed by atoms with Crippen LogP contribution in [0.4, 0.5) is 4.79 Å². The number of carbonyl (C=O) groups excluding carboxylic acids is 3. The average Bonchev–Trinajstić information content (AvgIpc) is 2.09. The number of quaternary nitrogens is 1. The Morgan fingerprint density at radius 2 is 2.23 bits per heavy atom. The van der Waals surface area contributed by atoms with Gasteiger partial charge in [0.05, 0.1) is 13.1 Å². The first-order valence-corrected chi connectivity index (χ1v) is 4.32. The molecule has 0 aromatic rings. The Labute approximate surface area is 80.2 Å². The van der Waals surface area contributed by atoms with Gasteiger partial charge in [-0.1, -0.05) is 0 Å². The lowest BCUT2D eigenvalue weighted by Gasteiger charge is -2.31. The molecule has 0 saturated carbocycles. The maximum atomic E-state index is 11.4. The zero-order chi connectivity index (χ0) is 10.1. The highest BCUT2D eigenvalue weighted by Gasteiger charge is 2.48. The van der Waals surface area contributed by atoms with Crippen molar-refractivity contribution in [3.05, 3.63) is 0 Å². The number of rotatable bonds is 1. The fourth-order valence-electron chi connectivity index (χ4n) is 1.33. The molecule has 0 aromatic carbocycles. The summed E-state index contributed by atoms with van der Waals surface area (Å²) in [4.78, 5) is 33.4. The van der Waals surface area contributed by atoms with Crippen molar-refractivity contribution < 1.29 is 18.9 Å². The summed E-state index contributed by atoms with van der Waals surface area (Å²) < 4.78 is -0.576. The van der Waals surface area contributed by atoms with Crippen LogP contribution in [0.3, 0.4) is 0 Å². The molecule has 1 N–H and O–H groups in total. The van der Waals surface area contributed by atoms with E-state index in [2.05, 4.69) is 5.32 Å². The molecular formula is C7H10ClN2O3+. The van der Waals surface area contributed by atoms with Crippen molar-refractivity contribution in [2.75, 3.05) is 19.6 Å². The van der Waals surface area contributed by atoms with Gasteiger partial charge < -0.3 is 5.32 Å². The minimum atomic E-state index is -0.789. The lowest BCUT2D eigenvalue weighted by molar-refractivity contribution is -0.762.